The number of rotatable bonds is 0. The minimum Gasteiger partial charge on any atom is -0.379 e. The zero-order valence-electron chi connectivity index (χ0n) is 6.91. The monoisotopic (exact) mass is 177 g/mol. The van der Waals surface area contributed by atoms with Gasteiger partial charge in [-0.05, 0) is 19.4 Å². The van der Waals surface area contributed by atoms with Gasteiger partial charge in [0.25, 0.3) is 5.92 Å². The molecular formula is C8H13F2NO. The van der Waals surface area contributed by atoms with Gasteiger partial charge in [0.1, 0.15) is 5.54 Å². The van der Waals surface area contributed by atoms with Crippen LogP contribution in [-0.4, -0.2) is 31.2 Å². The molecule has 2 nitrogen and oxygen atoms in total. The van der Waals surface area contributed by atoms with Crippen molar-refractivity contribution in [2.24, 2.45) is 0 Å². The fourth-order valence-electron chi connectivity index (χ4n) is 2.03. The Morgan fingerprint density at radius 2 is 2.08 bits per heavy atom. The van der Waals surface area contributed by atoms with Gasteiger partial charge in [-0.25, -0.2) is 8.78 Å². The Morgan fingerprint density at radius 1 is 1.25 bits per heavy atom. The predicted octanol–water partition coefficient (Wildman–Crippen LogP) is 1.16. The number of hydrogen-bond acceptors (Lipinski definition) is 2. The van der Waals surface area contributed by atoms with Crippen molar-refractivity contribution in [1.82, 2.24) is 5.32 Å². The van der Waals surface area contributed by atoms with Crippen LogP contribution in [0.2, 0.25) is 0 Å². The molecule has 2 saturated heterocycles. The van der Waals surface area contributed by atoms with Gasteiger partial charge >= 0.3 is 0 Å². The lowest BCUT2D eigenvalue weighted by Gasteiger charge is -2.40. The molecule has 2 fully saturated rings. The van der Waals surface area contributed by atoms with E-state index in [9.17, 15) is 8.78 Å². The smallest absolute Gasteiger partial charge is 0.270 e. The van der Waals surface area contributed by atoms with Crippen LogP contribution in [-0.2, 0) is 4.74 Å². The Bertz CT molecular complexity index is 178. The van der Waals surface area contributed by atoms with Crippen molar-refractivity contribution < 1.29 is 13.5 Å². The topological polar surface area (TPSA) is 21.3 Å². The molecule has 0 aromatic heterocycles. The highest BCUT2D eigenvalue weighted by molar-refractivity contribution is 5.05. The third kappa shape index (κ3) is 1.05. The van der Waals surface area contributed by atoms with Gasteiger partial charge in [0.15, 0.2) is 0 Å². The molecule has 0 aromatic rings. The Hall–Kier alpha value is -0.220. The number of nitrogens with one attached hydrogen (secondary N) is 1. The maximum Gasteiger partial charge on any atom is 0.270 e. The van der Waals surface area contributed by atoms with E-state index in [1.165, 1.54) is 0 Å². The molecule has 0 radical (unpaired) electrons. The SMILES string of the molecule is FC1(F)CCOCC12CCCN2. The maximum atomic E-state index is 13.4. The number of halogens is 2. The molecular weight excluding hydrogens is 164 g/mol. The van der Waals surface area contributed by atoms with Gasteiger partial charge in [0.05, 0.1) is 13.2 Å². The number of hydrogen-bond donors (Lipinski definition) is 1. The molecule has 2 aliphatic rings. The second kappa shape index (κ2) is 2.64. The van der Waals surface area contributed by atoms with Gasteiger partial charge < -0.3 is 10.1 Å². The van der Waals surface area contributed by atoms with E-state index in [1.54, 1.807) is 0 Å². The van der Waals surface area contributed by atoms with Crippen molar-refractivity contribution in [3.8, 4) is 0 Å². The third-order valence-electron chi connectivity index (χ3n) is 2.85. The summed E-state index contributed by atoms with van der Waals surface area (Å²) in [5, 5.41) is 2.89. The average molecular weight is 177 g/mol. The maximum absolute atomic E-state index is 13.4. The van der Waals surface area contributed by atoms with Crippen LogP contribution in [0, 0.1) is 0 Å². The van der Waals surface area contributed by atoms with Crippen LogP contribution in [0.4, 0.5) is 8.78 Å². The molecule has 4 heteroatoms. The zero-order chi connectivity index (χ0) is 8.66. The lowest BCUT2D eigenvalue weighted by Crippen LogP contribution is -2.61. The highest BCUT2D eigenvalue weighted by Crippen LogP contribution is 2.40. The van der Waals surface area contributed by atoms with E-state index in [0.29, 0.717) is 13.0 Å². The Balaban J connectivity index is 2.19. The highest BCUT2D eigenvalue weighted by Gasteiger charge is 2.56. The van der Waals surface area contributed by atoms with Crippen LogP contribution in [0.3, 0.4) is 0 Å². The van der Waals surface area contributed by atoms with E-state index in [1.807, 2.05) is 0 Å². The van der Waals surface area contributed by atoms with Crippen LogP contribution in [0.15, 0.2) is 0 Å². The zero-order valence-corrected chi connectivity index (χ0v) is 6.91. The fourth-order valence-corrected chi connectivity index (χ4v) is 2.03. The van der Waals surface area contributed by atoms with Gasteiger partial charge in [-0.1, -0.05) is 0 Å². The molecule has 2 rings (SSSR count). The van der Waals surface area contributed by atoms with Crippen molar-refractivity contribution in [2.45, 2.75) is 30.7 Å². The first-order valence-corrected chi connectivity index (χ1v) is 4.37. The van der Waals surface area contributed by atoms with Crippen LogP contribution in [0.5, 0.6) is 0 Å². The van der Waals surface area contributed by atoms with Crippen LogP contribution < -0.4 is 5.32 Å². The summed E-state index contributed by atoms with van der Waals surface area (Å²) >= 11 is 0. The van der Waals surface area contributed by atoms with E-state index >= 15 is 0 Å². The van der Waals surface area contributed by atoms with Crippen molar-refractivity contribution in [3.05, 3.63) is 0 Å². The second-order valence-corrected chi connectivity index (χ2v) is 3.62. The van der Waals surface area contributed by atoms with Crippen LogP contribution in [0.1, 0.15) is 19.3 Å². The van der Waals surface area contributed by atoms with Crippen molar-refractivity contribution in [3.63, 3.8) is 0 Å². The summed E-state index contributed by atoms with van der Waals surface area (Å²) in [5.41, 5.74) is -1.04. The first kappa shape index (κ1) is 8.38. The van der Waals surface area contributed by atoms with Gasteiger partial charge in [0, 0.05) is 6.42 Å². The Labute approximate surface area is 70.3 Å². The van der Waals surface area contributed by atoms with E-state index < -0.39 is 11.5 Å². The lowest BCUT2D eigenvalue weighted by molar-refractivity contribution is -0.162. The minimum atomic E-state index is -2.58. The quantitative estimate of drug-likeness (QED) is 0.599. The molecule has 1 N–H and O–H groups in total. The Kier molecular flexibility index (Phi) is 1.84. The second-order valence-electron chi connectivity index (χ2n) is 3.62. The molecule has 70 valence electrons. The molecule has 2 aliphatic heterocycles. The number of ether oxygens (including phenoxy) is 1. The fraction of sp³-hybridized carbons (Fsp3) is 1.00. The molecule has 2 heterocycles. The first-order chi connectivity index (χ1) is 5.66. The van der Waals surface area contributed by atoms with Crippen molar-refractivity contribution in [2.75, 3.05) is 19.8 Å². The van der Waals surface area contributed by atoms with E-state index in [-0.39, 0.29) is 19.6 Å². The summed E-state index contributed by atoms with van der Waals surface area (Å²) in [6, 6.07) is 0. The summed E-state index contributed by atoms with van der Waals surface area (Å²) in [6.45, 7) is 1.05. The van der Waals surface area contributed by atoms with Crippen molar-refractivity contribution >= 4 is 0 Å². The van der Waals surface area contributed by atoms with Gasteiger partial charge in [-0.2, -0.15) is 0 Å². The van der Waals surface area contributed by atoms with Crippen LogP contribution in [0.25, 0.3) is 0 Å². The highest BCUT2D eigenvalue weighted by atomic mass is 19.3. The average Bonchev–Trinajstić information content (AvgIpc) is 2.46. The summed E-state index contributed by atoms with van der Waals surface area (Å²) in [5.74, 6) is -2.58. The van der Waals surface area contributed by atoms with Crippen LogP contribution >= 0.6 is 0 Å². The molecule has 1 spiro atoms. The number of alkyl halides is 2. The van der Waals surface area contributed by atoms with Gasteiger partial charge in [-0.15, -0.1) is 0 Å². The molecule has 1 atom stereocenters. The molecule has 1 unspecified atom stereocenters. The minimum absolute atomic E-state index is 0.139. The summed E-state index contributed by atoms with van der Waals surface area (Å²) in [7, 11) is 0. The van der Waals surface area contributed by atoms with Gasteiger partial charge in [0.2, 0.25) is 0 Å². The Morgan fingerprint density at radius 3 is 2.67 bits per heavy atom. The normalized spacial score (nSPS) is 40.5. The standard InChI is InChI=1S/C8H13F2NO/c9-8(10)3-5-12-6-7(8)2-1-4-11-7/h11H,1-6H2. The lowest BCUT2D eigenvalue weighted by atomic mass is 9.87. The molecule has 0 amide bonds. The third-order valence-corrected chi connectivity index (χ3v) is 2.85. The van der Waals surface area contributed by atoms with E-state index in [4.69, 9.17) is 4.74 Å². The molecule has 0 bridgehead atoms. The summed E-state index contributed by atoms with van der Waals surface area (Å²) < 4.78 is 31.9. The van der Waals surface area contributed by atoms with E-state index in [2.05, 4.69) is 5.32 Å². The van der Waals surface area contributed by atoms with Crippen molar-refractivity contribution in [1.29, 1.82) is 0 Å². The summed E-state index contributed by atoms with van der Waals surface area (Å²) in [4.78, 5) is 0. The van der Waals surface area contributed by atoms with Gasteiger partial charge in [-0.3, -0.25) is 0 Å². The molecule has 0 saturated carbocycles. The largest absolute Gasteiger partial charge is 0.379 e. The first-order valence-electron chi connectivity index (χ1n) is 4.37. The predicted molar refractivity (Wildman–Crippen MR) is 40.4 cm³/mol. The summed E-state index contributed by atoms with van der Waals surface area (Å²) in [6.07, 6.45) is 1.24. The van der Waals surface area contributed by atoms with E-state index in [0.717, 1.165) is 6.42 Å². The molecule has 12 heavy (non-hydrogen) atoms. The molecule has 0 aliphatic carbocycles. The molecule has 0 aromatic carbocycles.